The Morgan fingerprint density at radius 3 is 1.16 bits per heavy atom. The molecule has 0 N–H and O–H groups in total. The minimum Gasteiger partial charge on any atom is -0.545 e. The smallest absolute Gasteiger partial charge is 0.545 e. The van der Waals surface area contributed by atoms with Gasteiger partial charge < -0.3 is 29.3 Å². The second kappa shape index (κ2) is 14.0. The molecule has 0 aliphatic rings. The van der Waals surface area contributed by atoms with Gasteiger partial charge in [0.25, 0.3) is 0 Å². The average molecular weight is 324 g/mol. The molecule has 0 bridgehead atoms. The van der Waals surface area contributed by atoms with E-state index in [0.717, 1.165) is 26.4 Å². The number of carboxylic acid groups (broad SMARTS) is 2. The van der Waals surface area contributed by atoms with Crippen LogP contribution in [0.4, 0.5) is 0 Å². The van der Waals surface area contributed by atoms with Crippen molar-refractivity contribution in [2.45, 2.75) is 0 Å². The van der Waals surface area contributed by atoms with Gasteiger partial charge in [0.05, 0.1) is 26.2 Å². The average Bonchev–Trinajstić information content (AvgIpc) is 2.33. The molecule has 0 spiro atoms. The van der Waals surface area contributed by atoms with E-state index in [-0.39, 0.29) is 19.5 Å². The molecule has 0 aliphatic heterocycles. The van der Waals surface area contributed by atoms with Gasteiger partial charge in [-0.25, -0.2) is 9.59 Å². The van der Waals surface area contributed by atoms with Crippen LogP contribution in [0, 0.1) is 0 Å². The Hall–Kier alpha value is -2.02. The first-order valence-corrected chi connectivity index (χ1v) is 4.27. The summed E-state index contributed by atoms with van der Waals surface area (Å²) in [6.45, 7) is 0. The minimum atomic E-state index is -1.42. The van der Waals surface area contributed by atoms with E-state index in [1.807, 2.05) is 0 Å². The SMILES string of the molecule is COC(=O)C=CC(=O)[O-].COC(=O)C=CC(=O)[O-].[Zn+2]. The zero-order chi connectivity index (χ0) is 14.6. The van der Waals surface area contributed by atoms with Crippen LogP contribution in [0.15, 0.2) is 24.3 Å². The summed E-state index contributed by atoms with van der Waals surface area (Å²) in [6, 6.07) is 0. The number of hydrogen-bond donors (Lipinski definition) is 0. The maximum absolute atomic E-state index is 10.1. The Bertz CT molecular complexity index is 336. The summed E-state index contributed by atoms with van der Waals surface area (Å²) in [7, 11) is 2.31. The zero-order valence-electron chi connectivity index (χ0n) is 10.3. The monoisotopic (exact) mass is 322 g/mol. The van der Waals surface area contributed by atoms with E-state index in [4.69, 9.17) is 0 Å². The summed E-state index contributed by atoms with van der Waals surface area (Å²) >= 11 is 0. The Kier molecular flexibility index (Phi) is 16.4. The summed E-state index contributed by atoms with van der Waals surface area (Å²) in [5.41, 5.74) is 0. The number of carbonyl (C=O) groups is 4. The molecular weight excluding hydrogens is 313 g/mol. The van der Waals surface area contributed by atoms with Gasteiger partial charge in [-0.3, -0.25) is 0 Å². The van der Waals surface area contributed by atoms with E-state index in [0.29, 0.717) is 12.2 Å². The number of methoxy groups -OCH3 is 2. The molecule has 0 fully saturated rings. The van der Waals surface area contributed by atoms with Crippen LogP contribution in [0.25, 0.3) is 0 Å². The molecule has 0 rings (SSSR count). The quantitative estimate of drug-likeness (QED) is 0.302. The maximum atomic E-state index is 10.1. The Balaban J connectivity index is -0.000000256. The summed E-state index contributed by atoms with van der Waals surface area (Å²) in [5, 5.41) is 19.2. The minimum absolute atomic E-state index is 0. The van der Waals surface area contributed by atoms with Crippen molar-refractivity contribution in [2.75, 3.05) is 14.2 Å². The summed E-state index contributed by atoms with van der Waals surface area (Å²) < 4.78 is 8.17. The van der Waals surface area contributed by atoms with Crippen molar-refractivity contribution in [3.05, 3.63) is 24.3 Å². The third-order valence-corrected chi connectivity index (χ3v) is 1.11. The fraction of sp³-hybridized carbons (Fsp3) is 0.200. The number of aliphatic carboxylic acids is 2. The van der Waals surface area contributed by atoms with Crippen LogP contribution in [0.3, 0.4) is 0 Å². The first-order valence-electron chi connectivity index (χ1n) is 4.27. The molecule has 9 heteroatoms. The predicted molar refractivity (Wildman–Crippen MR) is 52.3 cm³/mol. The topological polar surface area (TPSA) is 133 Å². The van der Waals surface area contributed by atoms with Gasteiger partial charge in [-0.05, 0) is 12.2 Å². The number of esters is 2. The molecule has 0 aliphatic carbocycles. The molecule has 0 saturated carbocycles. The molecule has 8 nitrogen and oxygen atoms in total. The molecule has 0 heterocycles. The first kappa shape index (κ1) is 22.2. The van der Waals surface area contributed by atoms with E-state index in [1.165, 1.54) is 0 Å². The number of hydrogen-bond acceptors (Lipinski definition) is 8. The van der Waals surface area contributed by atoms with Gasteiger partial charge >= 0.3 is 31.4 Å². The molecule has 0 saturated heterocycles. The third kappa shape index (κ3) is 21.8. The second-order valence-corrected chi connectivity index (χ2v) is 2.35. The van der Waals surface area contributed by atoms with E-state index < -0.39 is 23.9 Å². The molecule has 0 amide bonds. The molecule has 0 unspecified atom stereocenters. The van der Waals surface area contributed by atoms with Gasteiger partial charge in [0, 0.05) is 12.2 Å². The van der Waals surface area contributed by atoms with Crippen molar-refractivity contribution < 1.29 is 58.3 Å². The van der Waals surface area contributed by atoms with Crippen molar-refractivity contribution in [3.63, 3.8) is 0 Å². The molecular formula is C10H10O8Zn. The van der Waals surface area contributed by atoms with Crippen LogP contribution in [-0.4, -0.2) is 38.1 Å². The maximum Gasteiger partial charge on any atom is 2.00 e. The summed E-state index contributed by atoms with van der Waals surface area (Å²) in [6.07, 6.45) is 2.75. The Labute approximate surface area is 121 Å². The first-order chi connectivity index (χ1) is 8.33. The molecule has 0 radical (unpaired) electrons. The van der Waals surface area contributed by atoms with Gasteiger partial charge in [0.1, 0.15) is 0 Å². The van der Waals surface area contributed by atoms with Gasteiger partial charge in [-0.2, -0.15) is 0 Å². The van der Waals surface area contributed by atoms with Crippen molar-refractivity contribution in [1.29, 1.82) is 0 Å². The Morgan fingerprint density at radius 2 is 1.00 bits per heavy atom. The number of rotatable bonds is 4. The predicted octanol–water partition coefficient (Wildman–Crippen LogP) is -3.07. The van der Waals surface area contributed by atoms with Crippen molar-refractivity contribution in [2.24, 2.45) is 0 Å². The normalized spacial score (nSPS) is 8.95. The fourth-order valence-electron chi connectivity index (χ4n) is 0.408. The molecule has 0 aromatic rings. The van der Waals surface area contributed by atoms with Crippen LogP contribution in [-0.2, 0) is 48.1 Å². The van der Waals surface area contributed by atoms with Crippen LogP contribution in [0.5, 0.6) is 0 Å². The number of carboxylic acids is 2. The second-order valence-electron chi connectivity index (χ2n) is 2.35. The fourth-order valence-corrected chi connectivity index (χ4v) is 0.408. The third-order valence-electron chi connectivity index (χ3n) is 1.11. The summed E-state index contributed by atoms with van der Waals surface area (Å²) in [5.74, 6) is -4.25. The van der Waals surface area contributed by atoms with Crippen molar-refractivity contribution in [3.8, 4) is 0 Å². The van der Waals surface area contributed by atoms with Crippen molar-refractivity contribution >= 4 is 23.9 Å². The number of carbonyl (C=O) groups excluding carboxylic acids is 4. The summed E-state index contributed by atoms with van der Waals surface area (Å²) in [4.78, 5) is 39.5. The number of ether oxygens (including phenoxy) is 2. The van der Waals surface area contributed by atoms with Gasteiger partial charge in [0.2, 0.25) is 0 Å². The standard InChI is InChI=1S/2C5H6O4.Zn/c2*1-9-5(8)3-2-4(6)7;/h2*2-3H,1H3,(H,6,7);/q;;+2/p-2. The van der Waals surface area contributed by atoms with E-state index in [2.05, 4.69) is 9.47 Å². The van der Waals surface area contributed by atoms with Gasteiger partial charge in [0.15, 0.2) is 0 Å². The van der Waals surface area contributed by atoms with Gasteiger partial charge in [-0.15, -0.1) is 0 Å². The molecule has 19 heavy (non-hydrogen) atoms. The van der Waals surface area contributed by atoms with Crippen LogP contribution in [0.1, 0.15) is 0 Å². The van der Waals surface area contributed by atoms with Crippen molar-refractivity contribution in [1.82, 2.24) is 0 Å². The van der Waals surface area contributed by atoms with E-state index >= 15 is 0 Å². The molecule has 0 atom stereocenters. The van der Waals surface area contributed by atoms with Crippen LogP contribution < -0.4 is 10.2 Å². The Morgan fingerprint density at radius 1 is 0.737 bits per heavy atom. The van der Waals surface area contributed by atoms with Crippen LogP contribution in [0.2, 0.25) is 0 Å². The van der Waals surface area contributed by atoms with Gasteiger partial charge in [-0.1, -0.05) is 0 Å². The van der Waals surface area contributed by atoms with Crippen LogP contribution >= 0.6 is 0 Å². The molecule has 0 aromatic carbocycles. The molecule has 100 valence electrons. The zero-order valence-corrected chi connectivity index (χ0v) is 13.2. The molecule has 0 aromatic heterocycles. The van der Waals surface area contributed by atoms with E-state index in [1.54, 1.807) is 0 Å². The largest absolute Gasteiger partial charge is 2.00 e. The van der Waals surface area contributed by atoms with E-state index in [9.17, 15) is 29.4 Å².